The molecule has 0 aromatic heterocycles. The second-order valence-corrected chi connectivity index (χ2v) is 6.57. The van der Waals surface area contributed by atoms with Crippen molar-refractivity contribution in [2.45, 2.75) is 52.0 Å². The van der Waals surface area contributed by atoms with E-state index in [-0.39, 0.29) is 0 Å². The van der Waals surface area contributed by atoms with Crippen molar-refractivity contribution >= 4 is 11.9 Å². The molecule has 1 saturated heterocycles. The summed E-state index contributed by atoms with van der Waals surface area (Å²) in [5.74, 6) is -2.72. The van der Waals surface area contributed by atoms with Gasteiger partial charge in [-0.1, -0.05) is 26.0 Å². The van der Waals surface area contributed by atoms with E-state index >= 15 is 0 Å². The Kier molecular flexibility index (Phi) is 9.64. The van der Waals surface area contributed by atoms with Crippen LogP contribution in [0, 0.1) is 5.92 Å². The molecule has 1 atom stereocenters. The number of carbonyl (C=O) groups is 2. The SMILES string of the molecule is CCC(CC)N1CCN(CC2CC=CCC2)CC1.O=C(O)C(=O)O. The van der Waals surface area contributed by atoms with Gasteiger partial charge in [0.2, 0.25) is 0 Å². The van der Waals surface area contributed by atoms with Crippen molar-refractivity contribution < 1.29 is 19.8 Å². The molecule has 24 heavy (non-hydrogen) atoms. The highest BCUT2D eigenvalue weighted by Gasteiger charge is 2.23. The van der Waals surface area contributed by atoms with Gasteiger partial charge in [0.15, 0.2) is 0 Å². The lowest BCUT2D eigenvalue weighted by molar-refractivity contribution is -0.159. The smallest absolute Gasteiger partial charge is 0.414 e. The molecule has 2 aliphatic rings. The molecule has 2 rings (SSSR count). The normalized spacial score (nSPS) is 22.0. The molecule has 0 radical (unpaired) electrons. The molecule has 1 unspecified atom stereocenters. The zero-order valence-corrected chi connectivity index (χ0v) is 15.0. The van der Waals surface area contributed by atoms with Gasteiger partial charge in [0.25, 0.3) is 0 Å². The summed E-state index contributed by atoms with van der Waals surface area (Å²) in [7, 11) is 0. The average molecular weight is 340 g/mol. The molecule has 0 aromatic rings. The maximum absolute atomic E-state index is 9.10. The number of hydrogen-bond acceptors (Lipinski definition) is 4. The summed E-state index contributed by atoms with van der Waals surface area (Å²) >= 11 is 0. The standard InChI is InChI=1S/C16H30N2.C2H2O4/c1-3-16(4-2)18-12-10-17(11-13-18)14-15-8-6-5-7-9-15;3-1(4)2(5)6/h5-6,15-16H,3-4,7-14H2,1-2H3;(H,3,4)(H,5,6). The predicted octanol–water partition coefficient (Wildman–Crippen LogP) is 2.30. The molecule has 0 aromatic carbocycles. The van der Waals surface area contributed by atoms with Crippen molar-refractivity contribution in [3.63, 3.8) is 0 Å². The number of aliphatic carboxylic acids is 2. The Bertz CT molecular complexity index is 401. The Morgan fingerprint density at radius 3 is 2.04 bits per heavy atom. The molecular weight excluding hydrogens is 308 g/mol. The van der Waals surface area contributed by atoms with Crippen LogP contribution in [0.15, 0.2) is 12.2 Å². The summed E-state index contributed by atoms with van der Waals surface area (Å²) < 4.78 is 0. The van der Waals surface area contributed by atoms with E-state index in [1.165, 1.54) is 64.8 Å². The van der Waals surface area contributed by atoms with Crippen LogP contribution in [0.1, 0.15) is 46.0 Å². The third kappa shape index (κ3) is 7.45. The van der Waals surface area contributed by atoms with Gasteiger partial charge >= 0.3 is 11.9 Å². The molecule has 138 valence electrons. The average Bonchev–Trinajstić information content (AvgIpc) is 2.59. The highest BCUT2D eigenvalue weighted by atomic mass is 16.4. The molecule has 0 bridgehead atoms. The molecule has 0 saturated carbocycles. The van der Waals surface area contributed by atoms with E-state index < -0.39 is 11.9 Å². The number of carboxylic acids is 2. The minimum atomic E-state index is -1.82. The molecule has 6 nitrogen and oxygen atoms in total. The minimum Gasteiger partial charge on any atom is -0.473 e. The van der Waals surface area contributed by atoms with E-state index in [9.17, 15) is 0 Å². The molecule has 0 amide bonds. The van der Waals surface area contributed by atoms with Crippen LogP contribution in [0.25, 0.3) is 0 Å². The summed E-state index contributed by atoms with van der Waals surface area (Å²) in [5.41, 5.74) is 0. The third-order valence-corrected chi connectivity index (χ3v) is 4.94. The van der Waals surface area contributed by atoms with Crippen molar-refractivity contribution in [3.8, 4) is 0 Å². The maximum atomic E-state index is 9.10. The first-order chi connectivity index (χ1) is 11.5. The maximum Gasteiger partial charge on any atom is 0.414 e. The van der Waals surface area contributed by atoms with Crippen molar-refractivity contribution in [2.75, 3.05) is 32.7 Å². The van der Waals surface area contributed by atoms with Crippen molar-refractivity contribution in [1.29, 1.82) is 0 Å². The van der Waals surface area contributed by atoms with Gasteiger partial charge in [0, 0.05) is 38.8 Å². The van der Waals surface area contributed by atoms with Gasteiger partial charge in [0.1, 0.15) is 0 Å². The molecular formula is C18H32N2O4. The number of hydrogen-bond donors (Lipinski definition) is 2. The molecule has 1 heterocycles. The van der Waals surface area contributed by atoms with Crippen molar-refractivity contribution in [2.24, 2.45) is 5.92 Å². The van der Waals surface area contributed by atoms with Gasteiger partial charge in [-0.3, -0.25) is 4.90 Å². The Morgan fingerprint density at radius 1 is 1.04 bits per heavy atom. The molecule has 6 heteroatoms. The van der Waals surface area contributed by atoms with Crippen LogP contribution in [-0.2, 0) is 9.59 Å². The molecule has 2 N–H and O–H groups in total. The van der Waals surface area contributed by atoms with Crippen LogP contribution < -0.4 is 0 Å². The Balaban J connectivity index is 0.000000413. The molecule has 1 aliphatic heterocycles. The topological polar surface area (TPSA) is 81.1 Å². The largest absolute Gasteiger partial charge is 0.473 e. The first kappa shape index (κ1) is 20.6. The second-order valence-electron chi connectivity index (χ2n) is 6.57. The van der Waals surface area contributed by atoms with Crippen LogP contribution in [-0.4, -0.2) is 70.7 Å². The van der Waals surface area contributed by atoms with E-state index in [0.29, 0.717) is 0 Å². The van der Waals surface area contributed by atoms with Crippen molar-refractivity contribution in [3.05, 3.63) is 12.2 Å². The molecule has 1 aliphatic carbocycles. The lowest BCUT2D eigenvalue weighted by atomic mass is 9.93. The van der Waals surface area contributed by atoms with E-state index in [1.54, 1.807) is 0 Å². The summed E-state index contributed by atoms with van der Waals surface area (Å²) in [5, 5.41) is 14.8. The summed E-state index contributed by atoms with van der Waals surface area (Å²) in [6, 6.07) is 0.824. The first-order valence-corrected chi connectivity index (χ1v) is 9.05. The Hall–Kier alpha value is -1.40. The fourth-order valence-electron chi connectivity index (χ4n) is 3.50. The van der Waals surface area contributed by atoms with E-state index in [4.69, 9.17) is 19.8 Å². The van der Waals surface area contributed by atoms with Gasteiger partial charge in [-0.25, -0.2) is 9.59 Å². The molecule has 0 spiro atoms. The fraction of sp³-hybridized carbons (Fsp3) is 0.778. The lowest BCUT2D eigenvalue weighted by Gasteiger charge is -2.40. The number of piperazine rings is 1. The number of rotatable bonds is 5. The highest BCUT2D eigenvalue weighted by Crippen LogP contribution is 2.20. The molecule has 1 fully saturated rings. The Morgan fingerprint density at radius 2 is 1.62 bits per heavy atom. The van der Waals surface area contributed by atoms with Crippen LogP contribution in [0.5, 0.6) is 0 Å². The van der Waals surface area contributed by atoms with Crippen molar-refractivity contribution in [1.82, 2.24) is 9.80 Å². The number of nitrogens with zero attached hydrogens (tertiary/aromatic N) is 2. The van der Waals surface area contributed by atoms with Gasteiger partial charge in [-0.2, -0.15) is 0 Å². The van der Waals surface area contributed by atoms with Gasteiger partial charge in [0.05, 0.1) is 0 Å². The lowest BCUT2D eigenvalue weighted by Crippen LogP contribution is -2.51. The number of carboxylic acid groups (broad SMARTS) is 2. The fourth-order valence-corrected chi connectivity index (χ4v) is 3.50. The number of allylic oxidation sites excluding steroid dienone is 2. The minimum absolute atomic E-state index is 0.824. The quantitative estimate of drug-likeness (QED) is 0.590. The van der Waals surface area contributed by atoms with Crippen LogP contribution in [0.2, 0.25) is 0 Å². The third-order valence-electron chi connectivity index (χ3n) is 4.94. The summed E-state index contributed by atoms with van der Waals surface area (Å²) in [4.78, 5) is 23.6. The van der Waals surface area contributed by atoms with E-state index in [1.807, 2.05) is 0 Å². The Labute approximate surface area is 145 Å². The van der Waals surface area contributed by atoms with Gasteiger partial charge < -0.3 is 15.1 Å². The van der Waals surface area contributed by atoms with Gasteiger partial charge in [-0.05, 0) is 38.0 Å². The van der Waals surface area contributed by atoms with E-state index in [2.05, 4.69) is 35.8 Å². The predicted molar refractivity (Wildman–Crippen MR) is 94.1 cm³/mol. The van der Waals surface area contributed by atoms with Gasteiger partial charge in [-0.15, -0.1) is 0 Å². The van der Waals surface area contributed by atoms with E-state index in [0.717, 1.165) is 12.0 Å². The summed E-state index contributed by atoms with van der Waals surface area (Å²) in [6.07, 6.45) is 11.4. The van der Waals surface area contributed by atoms with Crippen LogP contribution >= 0.6 is 0 Å². The zero-order valence-electron chi connectivity index (χ0n) is 15.0. The second kappa shape index (κ2) is 11.2. The zero-order chi connectivity index (χ0) is 17.9. The first-order valence-electron chi connectivity index (χ1n) is 9.05. The highest BCUT2D eigenvalue weighted by molar-refractivity contribution is 6.27. The van der Waals surface area contributed by atoms with Crippen LogP contribution in [0.4, 0.5) is 0 Å². The summed E-state index contributed by atoms with van der Waals surface area (Å²) in [6.45, 7) is 11.1. The monoisotopic (exact) mass is 340 g/mol. The van der Waals surface area contributed by atoms with Crippen LogP contribution in [0.3, 0.4) is 0 Å².